The number of hydrogen-bond acceptors (Lipinski definition) is 9. The Morgan fingerprint density at radius 3 is 2.55 bits per heavy atom. The predicted octanol–water partition coefficient (Wildman–Crippen LogP) is 4.43. The molecule has 2 aromatic heterocycles. The third-order valence-corrected chi connectivity index (χ3v) is 6.23. The minimum atomic E-state index is -1.00. The standard InChI is InChI=1S/C28H33N7O3/c1-17(25(36)18-10-11-18)22(14-24(29-4)33-23-13-12-19(15-30-23)28(2,3)37)32-21-9-7-8-20(26(21)38-6)27-31-16-35(5)34-27/h7-9,12-16,18,32,37H,4,10-11H2,1-3,5-6H3,(H,30,33)/b22-17-,24-14+. The maximum Gasteiger partial charge on any atom is 0.184 e. The smallest absolute Gasteiger partial charge is 0.184 e. The largest absolute Gasteiger partial charge is 0.494 e. The lowest BCUT2D eigenvalue weighted by atomic mass is 10.0. The van der Waals surface area contributed by atoms with E-state index in [0.29, 0.717) is 51.3 Å². The molecule has 1 aromatic carbocycles. The number of Topliss-reactive ketones (excluding diaryl/α,β-unsaturated/α-hetero) is 1. The van der Waals surface area contributed by atoms with Crippen molar-refractivity contribution in [1.29, 1.82) is 0 Å². The van der Waals surface area contributed by atoms with Crippen LogP contribution in [0.25, 0.3) is 11.4 Å². The molecular weight excluding hydrogens is 482 g/mol. The quantitative estimate of drug-likeness (QED) is 0.194. The Morgan fingerprint density at radius 2 is 2.00 bits per heavy atom. The number of hydrogen-bond donors (Lipinski definition) is 3. The van der Waals surface area contributed by atoms with Crippen LogP contribution in [0.2, 0.25) is 0 Å². The van der Waals surface area contributed by atoms with Crippen LogP contribution in [0.15, 0.2) is 71.0 Å². The molecule has 2 heterocycles. The first-order chi connectivity index (χ1) is 18.1. The highest BCUT2D eigenvalue weighted by Gasteiger charge is 2.31. The van der Waals surface area contributed by atoms with E-state index in [9.17, 15) is 9.90 Å². The van der Waals surface area contributed by atoms with Gasteiger partial charge >= 0.3 is 0 Å². The molecule has 0 radical (unpaired) electrons. The van der Waals surface area contributed by atoms with Crippen molar-refractivity contribution in [3.8, 4) is 17.1 Å². The van der Waals surface area contributed by atoms with Crippen LogP contribution in [0.4, 0.5) is 11.5 Å². The van der Waals surface area contributed by atoms with Gasteiger partial charge in [-0.3, -0.25) is 9.48 Å². The van der Waals surface area contributed by atoms with E-state index < -0.39 is 5.60 Å². The minimum absolute atomic E-state index is 0.0373. The molecule has 1 fully saturated rings. The van der Waals surface area contributed by atoms with E-state index in [1.165, 1.54) is 0 Å². The summed E-state index contributed by atoms with van der Waals surface area (Å²) in [5.41, 5.74) is 2.16. The van der Waals surface area contributed by atoms with Gasteiger partial charge in [-0.25, -0.2) is 15.0 Å². The zero-order chi connectivity index (χ0) is 27.4. The molecule has 10 nitrogen and oxygen atoms in total. The molecule has 38 heavy (non-hydrogen) atoms. The summed E-state index contributed by atoms with van der Waals surface area (Å²) in [7, 11) is 3.38. The van der Waals surface area contributed by atoms with Gasteiger partial charge in [0.25, 0.3) is 0 Å². The highest BCUT2D eigenvalue weighted by atomic mass is 16.5. The van der Waals surface area contributed by atoms with Crippen LogP contribution in [-0.2, 0) is 17.4 Å². The van der Waals surface area contributed by atoms with Gasteiger partial charge in [0, 0.05) is 42.1 Å². The molecule has 4 rings (SSSR count). The van der Waals surface area contributed by atoms with Crippen LogP contribution in [0.3, 0.4) is 0 Å². The topological polar surface area (TPSA) is 127 Å². The van der Waals surface area contributed by atoms with Crippen LogP contribution in [0.5, 0.6) is 5.75 Å². The van der Waals surface area contributed by atoms with Crippen molar-refractivity contribution in [2.45, 2.75) is 39.2 Å². The molecule has 1 aliphatic rings. The summed E-state index contributed by atoms with van der Waals surface area (Å²) in [4.78, 5) is 25.9. The number of ketones is 1. The Bertz CT molecular complexity index is 1390. The fraction of sp³-hybridized carbons (Fsp3) is 0.321. The molecule has 198 valence electrons. The maximum absolute atomic E-state index is 13.1. The molecule has 0 atom stereocenters. The van der Waals surface area contributed by atoms with Gasteiger partial charge in [0.2, 0.25) is 0 Å². The zero-order valence-electron chi connectivity index (χ0n) is 22.3. The summed E-state index contributed by atoms with van der Waals surface area (Å²) in [6.07, 6.45) is 6.72. The Kier molecular flexibility index (Phi) is 7.72. The number of methoxy groups -OCH3 is 1. The van der Waals surface area contributed by atoms with Crippen LogP contribution in [0, 0.1) is 5.92 Å². The Morgan fingerprint density at radius 1 is 1.24 bits per heavy atom. The molecule has 0 spiro atoms. The van der Waals surface area contributed by atoms with Crippen molar-refractivity contribution in [3.05, 3.63) is 71.6 Å². The monoisotopic (exact) mass is 515 g/mol. The van der Waals surface area contributed by atoms with Crippen molar-refractivity contribution in [2.24, 2.45) is 18.0 Å². The van der Waals surface area contributed by atoms with E-state index in [2.05, 4.69) is 37.4 Å². The summed E-state index contributed by atoms with van der Waals surface area (Å²) in [5.74, 6) is 2.09. The number of carbonyl (C=O) groups is 1. The first kappa shape index (κ1) is 26.7. The molecule has 0 unspecified atom stereocenters. The molecule has 1 saturated carbocycles. The number of nitrogens with one attached hydrogen (secondary N) is 2. The van der Waals surface area contributed by atoms with Crippen molar-refractivity contribution < 1.29 is 14.6 Å². The Balaban J connectivity index is 1.70. The van der Waals surface area contributed by atoms with E-state index in [-0.39, 0.29) is 11.7 Å². The van der Waals surface area contributed by atoms with Crippen LogP contribution in [-0.4, -0.2) is 44.5 Å². The lowest BCUT2D eigenvalue weighted by molar-refractivity contribution is -0.116. The van der Waals surface area contributed by atoms with Gasteiger partial charge in [-0.2, -0.15) is 5.10 Å². The van der Waals surface area contributed by atoms with Crippen molar-refractivity contribution in [2.75, 3.05) is 17.7 Å². The van der Waals surface area contributed by atoms with Crippen molar-refractivity contribution in [3.63, 3.8) is 0 Å². The summed E-state index contributed by atoms with van der Waals surface area (Å²) in [6.45, 7) is 8.88. The molecule has 10 heteroatoms. The second-order valence-electron chi connectivity index (χ2n) is 9.73. The van der Waals surface area contributed by atoms with Crippen LogP contribution >= 0.6 is 0 Å². The number of nitrogens with zero attached hydrogens (tertiary/aromatic N) is 5. The second-order valence-corrected chi connectivity index (χ2v) is 9.73. The second kappa shape index (κ2) is 11.0. The van der Waals surface area contributed by atoms with Crippen molar-refractivity contribution >= 4 is 24.0 Å². The van der Waals surface area contributed by atoms with Gasteiger partial charge < -0.3 is 20.5 Å². The highest BCUT2D eigenvalue weighted by Crippen LogP contribution is 2.37. The number of pyridine rings is 1. The molecule has 3 N–H and O–H groups in total. The Labute approximate surface area is 222 Å². The lowest BCUT2D eigenvalue weighted by Gasteiger charge is -2.18. The molecule has 0 bridgehead atoms. The summed E-state index contributed by atoms with van der Waals surface area (Å²) < 4.78 is 7.37. The van der Waals surface area contributed by atoms with Gasteiger partial charge in [-0.15, -0.1) is 0 Å². The zero-order valence-corrected chi connectivity index (χ0v) is 22.3. The number of rotatable bonds is 11. The average molecular weight is 516 g/mol. The number of carbonyl (C=O) groups excluding carboxylic acids is 1. The third-order valence-electron chi connectivity index (χ3n) is 6.23. The van der Waals surface area contributed by atoms with E-state index in [0.717, 1.165) is 12.8 Å². The predicted molar refractivity (Wildman–Crippen MR) is 148 cm³/mol. The van der Waals surface area contributed by atoms with Crippen LogP contribution < -0.4 is 15.4 Å². The van der Waals surface area contributed by atoms with Gasteiger partial charge in [0.1, 0.15) is 18.0 Å². The number of benzene rings is 1. The molecule has 0 amide bonds. The number of para-hydroxylation sites is 1. The number of aryl methyl sites for hydroxylation is 1. The summed E-state index contributed by atoms with van der Waals surface area (Å²) in [6, 6.07) is 9.14. The highest BCUT2D eigenvalue weighted by molar-refractivity contribution is 5.99. The number of aliphatic hydroxyl groups is 1. The third kappa shape index (κ3) is 6.15. The lowest BCUT2D eigenvalue weighted by Crippen LogP contribution is -2.16. The van der Waals surface area contributed by atoms with Gasteiger partial charge in [0.05, 0.1) is 24.0 Å². The fourth-order valence-electron chi connectivity index (χ4n) is 3.88. The average Bonchev–Trinajstić information content (AvgIpc) is 3.66. The van der Waals surface area contributed by atoms with E-state index in [4.69, 9.17) is 4.74 Å². The van der Waals surface area contributed by atoms with Crippen molar-refractivity contribution in [1.82, 2.24) is 19.7 Å². The van der Waals surface area contributed by atoms with Gasteiger partial charge in [-0.1, -0.05) is 12.1 Å². The molecule has 0 saturated heterocycles. The number of allylic oxidation sites excluding steroid dienone is 2. The summed E-state index contributed by atoms with van der Waals surface area (Å²) in [5, 5.41) is 21.1. The Hall–Kier alpha value is -4.31. The first-order valence-electron chi connectivity index (χ1n) is 12.3. The van der Waals surface area contributed by atoms with E-state index >= 15 is 0 Å². The first-order valence-corrected chi connectivity index (χ1v) is 12.3. The van der Waals surface area contributed by atoms with Gasteiger partial charge in [0.15, 0.2) is 17.4 Å². The number of aromatic nitrogens is 4. The molecular formula is C28H33N7O3. The number of aliphatic imine (C=N–C) groups is 1. The molecule has 3 aromatic rings. The van der Waals surface area contributed by atoms with E-state index in [1.807, 2.05) is 18.2 Å². The number of ether oxygens (including phenoxy) is 1. The fourth-order valence-corrected chi connectivity index (χ4v) is 3.88. The maximum atomic E-state index is 13.1. The molecule has 1 aliphatic carbocycles. The van der Waals surface area contributed by atoms with Crippen LogP contribution in [0.1, 0.15) is 39.2 Å². The SMILES string of the molecule is C=N/C(=C\C(Nc1cccc(-c2ncn(C)n2)c1OC)=C(/C)C(=O)C1CC1)Nc1ccc(C(C)(C)O)cn1. The van der Waals surface area contributed by atoms with Gasteiger partial charge in [-0.05, 0) is 58.5 Å². The summed E-state index contributed by atoms with van der Waals surface area (Å²) >= 11 is 0. The molecule has 0 aliphatic heterocycles. The normalized spacial score (nSPS) is 14.5. The minimum Gasteiger partial charge on any atom is -0.494 e. The number of anilines is 2. The van der Waals surface area contributed by atoms with E-state index in [1.54, 1.807) is 70.3 Å².